The first-order valence-corrected chi connectivity index (χ1v) is 9.34. The Balaban J connectivity index is 2.60. The minimum Gasteiger partial charge on any atom is -0.296 e. The molecule has 0 unspecified atom stereocenters. The third-order valence-electron chi connectivity index (χ3n) is 5.25. The fourth-order valence-electron chi connectivity index (χ4n) is 4.00. The van der Waals surface area contributed by atoms with Crippen molar-refractivity contribution in [3.05, 3.63) is 51.5 Å². The van der Waals surface area contributed by atoms with Crippen molar-refractivity contribution in [1.29, 1.82) is 10.5 Å². The second-order valence-electron chi connectivity index (χ2n) is 6.99. The van der Waals surface area contributed by atoms with Crippen molar-refractivity contribution in [2.24, 2.45) is 9.98 Å². The summed E-state index contributed by atoms with van der Waals surface area (Å²) in [6.45, 7) is 0. The van der Waals surface area contributed by atoms with Crippen LogP contribution in [0.5, 0.6) is 0 Å². The molecule has 0 aliphatic heterocycles. The topological polar surface area (TPSA) is 85.2 Å². The number of hydrogen-bond acceptors (Lipinski definition) is 5. The van der Waals surface area contributed by atoms with Crippen LogP contribution in [-0.2, 0) is 0 Å². The molecule has 0 aliphatic rings. The lowest BCUT2D eigenvalue weighted by Gasteiger charge is -2.15. The van der Waals surface area contributed by atoms with Crippen LogP contribution in [0, 0.1) is 57.7 Å². The van der Waals surface area contributed by atoms with E-state index in [0.717, 1.165) is 12.4 Å². The van der Waals surface area contributed by atoms with E-state index in [1.807, 2.05) is 0 Å². The standard InChI is InChI=1S/C23H9F6N5/c1-32-6-9(7-33-2)12-10-3-11(24)15-16-14(10)17(21(28)18(12)25)23(29)34-22(16)13(8(4-30)5-31)19(26)20(15)27/h3,6-7H,1-2H3/b12-9-,32-6+,33-7-. The van der Waals surface area contributed by atoms with Gasteiger partial charge in [-0.2, -0.15) is 14.9 Å². The van der Waals surface area contributed by atoms with Gasteiger partial charge in [0.2, 0.25) is 5.95 Å². The molecule has 11 heteroatoms. The summed E-state index contributed by atoms with van der Waals surface area (Å²) in [6, 6.07) is 3.30. The molecule has 0 spiro atoms. The molecular weight excluding hydrogens is 460 g/mol. The average Bonchev–Trinajstić information content (AvgIpc) is 2.80. The van der Waals surface area contributed by atoms with Crippen LogP contribution in [0.25, 0.3) is 43.6 Å². The van der Waals surface area contributed by atoms with E-state index in [1.54, 1.807) is 0 Å². The zero-order chi connectivity index (χ0) is 24.9. The average molecular weight is 469 g/mol. The summed E-state index contributed by atoms with van der Waals surface area (Å²) in [5.41, 5.74) is -1.90. The summed E-state index contributed by atoms with van der Waals surface area (Å²) in [6.07, 6.45) is 2.19. The van der Waals surface area contributed by atoms with Crippen LogP contribution >= 0.6 is 0 Å². The third-order valence-corrected chi connectivity index (χ3v) is 5.25. The van der Waals surface area contributed by atoms with Gasteiger partial charge in [0.15, 0.2) is 23.3 Å². The smallest absolute Gasteiger partial charge is 0.224 e. The normalized spacial score (nSPS) is 12.9. The zero-order valence-electron chi connectivity index (χ0n) is 17.2. The van der Waals surface area contributed by atoms with Crippen LogP contribution in [0.2, 0.25) is 0 Å². The maximum absolute atomic E-state index is 15.2. The first kappa shape index (κ1) is 22.7. The molecule has 1 aromatic heterocycles. The zero-order valence-corrected chi connectivity index (χ0v) is 17.2. The molecule has 0 N–H and O–H groups in total. The van der Waals surface area contributed by atoms with Gasteiger partial charge >= 0.3 is 0 Å². The van der Waals surface area contributed by atoms with E-state index in [1.165, 1.54) is 26.2 Å². The van der Waals surface area contributed by atoms with E-state index in [-0.39, 0.29) is 5.57 Å². The molecule has 168 valence electrons. The predicted octanol–water partition coefficient (Wildman–Crippen LogP) is 3.56. The third kappa shape index (κ3) is 2.90. The van der Waals surface area contributed by atoms with E-state index in [2.05, 4.69) is 15.0 Å². The van der Waals surface area contributed by atoms with Gasteiger partial charge in [0.1, 0.15) is 23.5 Å². The Morgan fingerprint density at radius 3 is 1.91 bits per heavy atom. The minimum atomic E-state index is -1.81. The molecule has 4 rings (SSSR count). The quantitative estimate of drug-likeness (QED) is 0.195. The van der Waals surface area contributed by atoms with Gasteiger partial charge in [-0.1, -0.05) is 0 Å². The van der Waals surface area contributed by atoms with Gasteiger partial charge < -0.3 is 0 Å². The highest BCUT2D eigenvalue weighted by atomic mass is 19.2. The van der Waals surface area contributed by atoms with Gasteiger partial charge in [0.05, 0.1) is 21.5 Å². The summed E-state index contributed by atoms with van der Waals surface area (Å²) in [5, 5.41) is 13.2. The van der Waals surface area contributed by atoms with Gasteiger partial charge in [-0.15, -0.1) is 0 Å². The molecular formula is C23H9F6N5. The van der Waals surface area contributed by atoms with Crippen molar-refractivity contribution >= 4 is 56.0 Å². The molecule has 0 radical (unpaired) electrons. The van der Waals surface area contributed by atoms with Crippen LogP contribution in [0.4, 0.5) is 26.3 Å². The summed E-state index contributed by atoms with van der Waals surface area (Å²) in [7, 11) is 2.65. The second-order valence-corrected chi connectivity index (χ2v) is 6.99. The summed E-state index contributed by atoms with van der Waals surface area (Å²) in [5.74, 6) is -9.94. The molecule has 5 nitrogen and oxygen atoms in total. The Morgan fingerprint density at radius 2 is 1.35 bits per heavy atom. The fourth-order valence-corrected chi connectivity index (χ4v) is 4.00. The highest BCUT2D eigenvalue weighted by Gasteiger charge is 2.29. The Morgan fingerprint density at radius 1 is 0.794 bits per heavy atom. The highest BCUT2D eigenvalue weighted by Crippen LogP contribution is 2.37. The van der Waals surface area contributed by atoms with Crippen molar-refractivity contribution in [2.45, 2.75) is 0 Å². The predicted molar refractivity (Wildman–Crippen MR) is 114 cm³/mol. The molecule has 0 amide bonds. The molecule has 0 saturated carbocycles. The van der Waals surface area contributed by atoms with E-state index < -0.39 is 83.5 Å². The lowest BCUT2D eigenvalue weighted by atomic mass is 9.92. The lowest BCUT2D eigenvalue weighted by Crippen LogP contribution is -2.22. The Kier molecular flexibility index (Phi) is 5.42. The highest BCUT2D eigenvalue weighted by molar-refractivity contribution is 6.31. The number of aromatic nitrogens is 1. The first-order valence-electron chi connectivity index (χ1n) is 9.34. The molecule has 0 atom stereocenters. The summed E-state index contributed by atoms with van der Waals surface area (Å²) < 4.78 is 90.3. The first-order chi connectivity index (χ1) is 16.2. The molecule has 0 bridgehead atoms. The fraction of sp³-hybridized carbons (Fsp3) is 0.0870. The number of hydrogen-bond donors (Lipinski definition) is 0. The molecule has 34 heavy (non-hydrogen) atoms. The number of nitrogens with zero attached hydrogens (tertiary/aromatic N) is 5. The largest absolute Gasteiger partial charge is 0.296 e. The molecule has 1 heterocycles. The minimum absolute atomic E-state index is 0.125. The van der Waals surface area contributed by atoms with E-state index in [4.69, 9.17) is 0 Å². The number of aliphatic imine (C=N–C) groups is 2. The number of pyridine rings is 1. The number of nitriles is 2. The molecule has 4 aromatic rings. The van der Waals surface area contributed by atoms with Crippen LogP contribution in [-0.4, -0.2) is 31.5 Å². The molecule has 0 aliphatic carbocycles. The van der Waals surface area contributed by atoms with E-state index >= 15 is 17.6 Å². The van der Waals surface area contributed by atoms with Crippen LogP contribution in [0.15, 0.2) is 16.1 Å². The number of rotatable bonds is 2. The van der Waals surface area contributed by atoms with Gasteiger partial charge in [-0.05, 0) is 11.5 Å². The van der Waals surface area contributed by atoms with E-state index in [0.29, 0.717) is 6.07 Å². The van der Waals surface area contributed by atoms with Crippen LogP contribution < -0.4 is 10.4 Å². The van der Waals surface area contributed by atoms with E-state index in [9.17, 15) is 19.3 Å². The molecule has 3 aromatic carbocycles. The summed E-state index contributed by atoms with van der Waals surface area (Å²) in [4.78, 5) is 10.8. The van der Waals surface area contributed by atoms with Gasteiger partial charge in [-0.3, -0.25) is 9.98 Å². The van der Waals surface area contributed by atoms with Crippen LogP contribution in [0.1, 0.15) is 0 Å². The van der Waals surface area contributed by atoms with Crippen molar-refractivity contribution in [3.8, 4) is 12.1 Å². The van der Waals surface area contributed by atoms with Crippen molar-refractivity contribution in [2.75, 3.05) is 14.1 Å². The Labute approximate surface area is 186 Å². The van der Waals surface area contributed by atoms with Gasteiger partial charge in [0.25, 0.3) is 0 Å². The summed E-state index contributed by atoms with van der Waals surface area (Å²) >= 11 is 0. The van der Waals surface area contributed by atoms with Gasteiger partial charge in [0, 0.05) is 48.1 Å². The molecule has 0 fully saturated rings. The SMILES string of the molecule is C\N=C/C(/C=N/C)=c1\c(F)c(F)c2c(F)nc3c(=C(C#N)C#N)c(F)c(F)c4c(F)cc1c2c43. The maximum atomic E-state index is 15.2. The lowest BCUT2D eigenvalue weighted by molar-refractivity contribution is 0.502. The molecule has 0 saturated heterocycles. The number of benzene rings is 3. The maximum Gasteiger partial charge on any atom is 0.224 e. The van der Waals surface area contributed by atoms with Crippen molar-refractivity contribution < 1.29 is 26.3 Å². The Hall–Kier alpha value is -4.51. The van der Waals surface area contributed by atoms with Gasteiger partial charge in [-0.25, -0.2) is 26.9 Å². The number of halogens is 6. The van der Waals surface area contributed by atoms with Crippen molar-refractivity contribution in [1.82, 2.24) is 4.98 Å². The Bertz CT molecular complexity index is 1780. The second kappa shape index (κ2) is 8.12. The van der Waals surface area contributed by atoms with Crippen molar-refractivity contribution in [3.63, 3.8) is 0 Å². The monoisotopic (exact) mass is 469 g/mol. The van der Waals surface area contributed by atoms with Crippen LogP contribution in [0.3, 0.4) is 0 Å².